The number of nitro groups is 1. The molecule has 0 N–H and O–H groups in total. The number of aryl methyl sites for hydroxylation is 2. The topological polar surface area (TPSA) is 69.2 Å². The van der Waals surface area contributed by atoms with Gasteiger partial charge in [-0.1, -0.05) is 0 Å². The highest BCUT2D eigenvalue weighted by Gasteiger charge is 2.14. The standard InChI is InChI=1S/C13H12N2O3S/c16-15(17)13-8-6-9(18-13)5-7-12-14-10-3-1-2-4-11(10)19-12/h5-8H,1-4H2/b7-5+. The van der Waals surface area contributed by atoms with Gasteiger partial charge in [0, 0.05) is 4.88 Å². The van der Waals surface area contributed by atoms with Crippen LogP contribution in [0.25, 0.3) is 12.2 Å². The highest BCUT2D eigenvalue weighted by Crippen LogP contribution is 2.28. The molecule has 0 radical (unpaired) electrons. The Kier molecular flexibility index (Phi) is 3.16. The molecule has 1 aliphatic carbocycles. The lowest BCUT2D eigenvalue weighted by molar-refractivity contribution is -0.402. The SMILES string of the molecule is O=[N+]([O-])c1ccc(/C=C/c2nc3c(s2)CCCC3)o1. The van der Waals surface area contributed by atoms with Crippen molar-refractivity contribution in [2.75, 3.05) is 0 Å². The summed E-state index contributed by atoms with van der Waals surface area (Å²) in [6, 6.07) is 2.94. The van der Waals surface area contributed by atoms with Crippen LogP contribution in [0.3, 0.4) is 0 Å². The van der Waals surface area contributed by atoms with E-state index in [1.807, 2.05) is 6.08 Å². The van der Waals surface area contributed by atoms with Crippen molar-refractivity contribution in [1.82, 2.24) is 4.98 Å². The summed E-state index contributed by atoms with van der Waals surface area (Å²) in [6.45, 7) is 0. The minimum absolute atomic E-state index is 0.238. The first-order valence-corrected chi connectivity index (χ1v) is 6.95. The van der Waals surface area contributed by atoms with Crippen LogP contribution in [-0.4, -0.2) is 9.91 Å². The summed E-state index contributed by atoms with van der Waals surface area (Å²) >= 11 is 1.69. The maximum atomic E-state index is 10.5. The number of furan rings is 1. The third-order valence-corrected chi connectivity index (χ3v) is 4.17. The predicted molar refractivity (Wildman–Crippen MR) is 73.0 cm³/mol. The van der Waals surface area contributed by atoms with Crippen molar-refractivity contribution in [3.05, 3.63) is 43.6 Å². The number of hydrogen-bond donors (Lipinski definition) is 0. The molecular formula is C13H12N2O3S. The van der Waals surface area contributed by atoms with E-state index in [1.54, 1.807) is 23.5 Å². The van der Waals surface area contributed by atoms with E-state index in [2.05, 4.69) is 4.98 Å². The molecule has 19 heavy (non-hydrogen) atoms. The summed E-state index contributed by atoms with van der Waals surface area (Å²) in [5, 5.41) is 11.4. The molecule has 6 heteroatoms. The first-order valence-electron chi connectivity index (χ1n) is 6.13. The van der Waals surface area contributed by atoms with E-state index in [-0.39, 0.29) is 5.88 Å². The maximum absolute atomic E-state index is 10.5. The van der Waals surface area contributed by atoms with E-state index in [1.165, 1.54) is 29.5 Å². The molecule has 2 aromatic rings. The molecule has 0 amide bonds. The second kappa shape index (κ2) is 4.97. The Hall–Kier alpha value is -1.95. The monoisotopic (exact) mass is 276 g/mol. The molecule has 0 saturated heterocycles. The molecule has 0 bridgehead atoms. The Labute approximate surface area is 113 Å². The van der Waals surface area contributed by atoms with E-state index in [4.69, 9.17) is 4.42 Å². The highest BCUT2D eigenvalue weighted by atomic mass is 32.1. The van der Waals surface area contributed by atoms with Crippen LogP contribution in [0, 0.1) is 10.1 Å². The van der Waals surface area contributed by atoms with Gasteiger partial charge < -0.3 is 4.42 Å². The Balaban J connectivity index is 1.78. The third-order valence-electron chi connectivity index (χ3n) is 3.04. The van der Waals surface area contributed by atoms with Crippen molar-refractivity contribution in [1.29, 1.82) is 0 Å². The van der Waals surface area contributed by atoms with Crippen LogP contribution in [-0.2, 0) is 12.8 Å². The zero-order valence-corrected chi connectivity index (χ0v) is 11.0. The van der Waals surface area contributed by atoms with Gasteiger partial charge in [0.15, 0.2) is 0 Å². The van der Waals surface area contributed by atoms with Gasteiger partial charge in [0.25, 0.3) is 0 Å². The van der Waals surface area contributed by atoms with Crippen LogP contribution in [0.1, 0.15) is 34.2 Å². The van der Waals surface area contributed by atoms with Crippen molar-refractivity contribution in [3.63, 3.8) is 0 Å². The number of nitrogens with zero attached hydrogens (tertiary/aromatic N) is 2. The van der Waals surface area contributed by atoms with Gasteiger partial charge in [-0.05, 0) is 43.9 Å². The third kappa shape index (κ3) is 2.58. The lowest BCUT2D eigenvalue weighted by atomic mass is 10.0. The van der Waals surface area contributed by atoms with E-state index in [9.17, 15) is 10.1 Å². The van der Waals surface area contributed by atoms with Gasteiger partial charge in [0.05, 0.1) is 11.8 Å². The number of fused-ring (bicyclic) bond motifs is 1. The normalized spacial score (nSPS) is 14.7. The van der Waals surface area contributed by atoms with Gasteiger partial charge in [-0.25, -0.2) is 4.98 Å². The van der Waals surface area contributed by atoms with Crippen molar-refractivity contribution < 1.29 is 9.34 Å². The van der Waals surface area contributed by atoms with Gasteiger partial charge in [-0.3, -0.25) is 10.1 Å². The van der Waals surface area contributed by atoms with E-state index in [0.29, 0.717) is 5.76 Å². The van der Waals surface area contributed by atoms with Crippen LogP contribution in [0.2, 0.25) is 0 Å². The summed E-state index contributed by atoms with van der Waals surface area (Å²) in [4.78, 5) is 15.9. The molecular weight excluding hydrogens is 264 g/mol. The highest BCUT2D eigenvalue weighted by molar-refractivity contribution is 7.12. The van der Waals surface area contributed by atoms with Crippen LogP contribution in [0.4, 0.5) is 5.88 Å². The van der Waals surface area contributed by atoms with Gasteiger partial charge in [-0.2, -0.15) is 0 Å². The molecule has 0 atom stereocenters. The number of thiazole rings is 1. The molecule has 98 valence electrons. The molecule has 0 aliphatic heterocycles. The Morgan fingerprint density at radius 2 is 2.16 bits per heavy atom. The van der Waals surface area contributed by atoms with Crippen LogP contribution in [0.15, 0.2) is 16.5 Å². The molecule has 5 nitrogen and oxygen atoms in total. The predicted octanol–water partition coefficient (Wildman–Crippen LogP) is 3.69. The lowest BCUT2D eigenvalue weighted by Gasteiger charge is -2.06. The van der Waals surface area contributed by atoms with Crippen LogP contribution in [0.5, 0.6) is 0 Å². The van der Waals surface area contributed by atoms with Gasteiger partial charge in [-0.15, -0.1) is 11.3 Å². The quantitative estimate of drug-likeness (QED) is 0.633. The molecule has 0 fully saturated rings. The average Bonchev–Trinajstić information content (AvgIpc) is 3.02. The second-order valence-electron chi connectivity index (χ2n) is 4.40. The maximum Gasteiger partial charge on any atom is 0.433 e. The van der Waals surface area contributed by atoms with Crippen molar-refractivity contribution in [2.45, 2.75) is 25.7 Å². The van der Waals surface area contributed by atoms with Crippen molar-refractivity contribution >= 4 is 29.4 Å². The summed E-state index contributed by atoms with van der Waals surface area (Å²) in [5.74, 6) is 0.234. The Morgan fingerprint density at radius 1 is 1.32 bits per heavy atom. The van der Waals surface area contributed by atoms with Crippen LogP contribution < -0.4 is 0 Å². The van der Waals surface area contributed by atoms with Gasteiger partial charge >= 0.3 is 5.88 Å². The van der Waals surface area contributed by atoms with E-state index in [0.717, 1.165) is 17.8 Å². The molecule has 0 spiro atoms. The molecule has 0 aromatic carbocycles. The lowest BCUT2D eigenvalue weighted by Crippen LogP contribution is -1.98. The van der Waals surface area contributed by atoms with Gasteiger partial charge in [0.2, 0.25) is 0 Å². The van der Waals surface area contributed by atoms with Crippen LogP contribution >= 0.6 is 11.3 Å². The van der Waals surface area contributed by atoms with E-state index < -0.39 is 4.92 Å². The second-order valence-corrected chi connectivity index (χ2v) is 5.51. The zero-order valence-electron chi connectivity index (χ0n) is 10.2. The smallest absolute Gasteiger partial charge is 0.401 e. The molecule has 0 unspecified atom stereocenters. The van der Waals surface area contributed by atoms with Gasteiger partial charge in [0.1, 0.15) is 15.7 Å². The van der Waals surface area contributed by atoms with E-state index >= 15 is 0 Å². The first-order chi connectivity index (χ1) is 9.22. The molecule has 3 rings (SSSR count). The Bertz CT molecular complexity index is 619. The fourth-order valence-corrected chi connectivity index (χ4v) is 3.18. The number of rotatable bonds is 3. The van der Waals surface area contributed by atoms with Crippen molar-refractivity contribution in [3.8, 4) is 0 Å². The average molecular weight is 276 g/mol. The molecule has 2 heterocycles. The minimum atomic E-state index is -0.542. The summed E-state index contributed by atoms with van der Waals surface area (Å²) in [5.41, 5.74) is 1.21. The summed E-state index contributed by atoms with van der Waals surface area (Å²) in [7, 11) is 0. The Morgan fingerprint density at radius 3 is 2.89 bits per heavy atom. The first kappa shape index (κ1) is 12.1. The largest absolute Gasteiger partial charge is 0.433 e. The minimum Gasteiger partial charge on any atom is -0.401 e. The molecule has 0 saturated carbocycles. The molecule has 2 aromatic heterocycles. The summed E-state index contributed by atoms with van der Waals surface area (Å²) < 4.78 is 5.06. The zero-order chi connectivity index (χ0) is 13.2. The fraction of sp³-hybridized carbons (Fsp3) is 0.308. The fourth-order valence-electron chi connectivity index (χ4n) is 2.13. The number of aromatic nitrogens is 1. The summed E-state index contributed by atoms with van der Waals surface area (Å²) in [6.07, 6.45) is 8.20. The molecule has 1 aliphatic rings. The number of hydrogen-bond acceptors (Lipinski definition) is 5. The van der Waals surface area contributed by atoms with Crippen molar-refractivity contribution in [2.24, 2.45) is 0 Å².